The number of ether oxygens (including phenoxy) is 3. The zero-order valence-electron chi connectivity index (χ0n) is 16.1. The summed E-state index contributed by atoms with van der Waals surface area (Å²) in [7, 11) is 2.92. The van der Waals surface area contributed by atoms with Crippen LogP contribution < -0.4 is 19.5 Å². The zero-order valence-corrected chi connectivity index (χ0v) is 17.6. The minimum Gasteiger partial charge on any atom is -0.481 e. The molecule has 1 unspecified atom stereocenters. The van der Waals surface area contributed by atoms with Gasteiger partial charge in [0.25, 0.3) is 11.8 Å². The van der Waals surface area contributed by atoms with E-state index in [1.807, 2.05) is 0 Å². The summed E-state index contributed by atoms with van der Waals surface area (Å²) in [5.74, 6) is -0.292. The summed E-state index contributed by atoms with van der Waals surface area (Å²) in [5, 5.41) is 2.99. The molecule has 0 radical (unpaired) electrons. The highest BCUT2D eigenvalue weighted by Crippen LogP contribution is 2.45. The lowest BCUT2D eigenvalue weighted by molar-refractivity contribution is -0.124. The average Bonchev–Trinajstić information content (AvgIpc) is 3.03. The van der Waals surface area contributed by atoms with Crippen LogP contribution in [0.4, 0.5) is 0 Å². The van der Waals surface area contributed by atoms with Gasteiger partial charge in [0, 0.05) is 22.1 Å². The third kappa shape index (κ3) is 3.68. The first-order valence-corrected chi connectivity index (χ1v) is 9.89. The number of nitrogens with one attached hydrogen (secondary N) is 1. The minimum atomic E-state index is -0.381. The minimum absolute atomic E-state index is 0.0290. The van der Waals surface area contributed by atoms with Crippen LogP contribution in [0.15, 0.2) is 29.3 Å². The van der Waals surface area contributed by atoms with Crippen LogP contribution in [0.5, 0.6) is 23.5 Å². The number of halogens is 2. The number of methoxy groups -OCH3 is 2. The number of imide groups is 1. The normalized spacial score (nSPS) is 18.2. The Kier molecular flexibility index (Phi) is 5.53. The Labute approximate surface area is 182 Å². The molecule has 1 aliphatic heterocycles. The quantitative estimate of drug-likeness (QED) is 0.692. The number of amides is 2. The summed E-state index contributed by atoms with van der Waals surface area (Å²) < 4.78 is 16.0. The number of nitrogens with zero attached hydrogens (tertiary/aromatic N) is 2. The van der Waals surface area contributed by atoms with E-state index in [0.29, 0.717) is 34.6 Å². The predicted octanol–water partition coefficient (Wildman–Crippen LogP) is 3.81. The molecular weight excluding hydrogens is 433 g/mol. The zero-order chi connectivity index (χ0) is 21.4. The number of aromatic nitrogens is 2. The molecule has 0 bridgehead atoms. The first-order valence-electron chi connectivity index (χ1n) is 9.13. The van der Waals surface area contributed by atoms with Crippen molar-refractivity contribution in [2.45, 2.75) is 25.2 Å². The fraction of sp³-hybridized carbons (Fsp3) is 0.300. The van der Waals surface area contributed by atoms with Crippen molar-refractivity contribution in [2.24, 2.45) is 0 Å². The number of carbonyl (C=O) groups is 2. The molecule has 2 aromatic rings. The number of hydrogen-bond donors (Lipinski definition) is 1. The third-order valence-corrected chi connectivity index (χ3v) is 5.67. The molecule has 10 heteroatoms. The van der Waals surface area contributed by atoms with Crippen LogP contribution >= 0.6 is 23.2 Å². The highest BCUT2D eigenvalue weighted by Gasteiger charge is 2.39. The molecule has 1 aromatic heterocycles. The van der Waals surface area contributed by atoms with Crippen molar-refractivity contribution in [3.8, 4) is 23.5 Å². The van der Waals surface area contributed by atoms with Crippen molar-refractivity contribution in [3.63, 3.8) is 0 Å². The van der Waals surface area contributed by atoms with Gasteiger partial charge >= 0.3 is 6.01 Å². The molecule has 0 saturated heterocycles. The maximum Gasteiger partial charge on any atom is 0.328 e. The van der Waals surface area contributed by atoms with E-state index in [-0.39, 0.29) is 46.3 Å². The van der Waals surface area contributed by atoms with Crippen molar-refractivity contribution in [3.05, 3.63) is 45.0 Å². The molecule has 0 spiro atoms. The van der Waals surface area contributed by atoms with E-state index < -0.39 is 0 Å². The van der Waals surface area contributed by atoms with E-state index in [0.717, 1.165) is 6.42 Å². The number of benzene rings is 1. The fourth-order valence-electron chi connectivity index (χ4n) is 3.69. The van der Waals surface area contributed by atoms with E-state index in [9.17, 15) is 9.59 Å². The molecule has 1 N–H and O–H groups in total. The smallest absolute Gasteiger partial charge is 0.328 e. The van der Waals surface area contributed by atoms with E-state index >= 15 is 0 Å². The second-order valence-electron chi connectivity index (χ2n) is 6.76. The molecule has 2 amide bonds. The Morgan fingerprint density at radius 1 is 1.00 bits per heavy atom. The van der Waals surface area contributed by atoms with Gasteiger partial charge in [0.1, 0.15) is 5.75 Å². The standard InChI is InChI=1S/C20H17Cl2N3O5/c1-28-15-8-16(29-2)24-20(23-15)30-14-6-11(12(21)7-13(14)22)9-4-3-5-10-17(9)19(27)25-18(10)26/h6-9H,3-5H2,1-2H3,(H,25,26,27). The Bertz CT molecular complexity index is 1060. The first kappa shape index (κ1) is 20.4. The Morgan fingerprint density at radius 2 is 1.70 bits per heavy atom. The van der Waals surface area contributed by atoms with Crippen LogP contribution in [0.25, 0.3) is 0 Å². The summed E-state index contributed by atoms with van der Waals surface area (Å²) in [5.41, 5.74) is 1.62. The number of rotatable bonds is 5. The predicted molar refractivity (Wildman–Crippen MR) is 108 cm³/mol. The van der Waals surface area contributed by atoms with Gasteiger partial charge in [-0.05, 0) is 37.0 Å². The summed E-state index contributed by atoms with van der Waals surface area (Å²) in [6.07, 6.45) is 1.99. The lowest BCUT2D eigenvalue weighted by Gasteiger charge is -2.24. The van der Waals surface area contributed by atoms with Gasteiger partial charge in [-0.2, -0.15) is 9.97 Å². The van der Waals surface area contributed by atoms with Crippen LogP contribution in [0, 0.1) is 0 Å². The molecule has 2 heterocycles. The average molecular weight is 450 g/mol. The van der Waals surface area contributed by atoms with Crippen molar-refractivity contribution in [1.82, 2.24) is 15.3 Å². The molecule has 2 aliphatic rings. The molecule has 0 saturated carbocycles. The topological polar surface area (TPSA) is 99.6 Å². The first-order chi connectivity index (χ1) is 14.4. The van der Waals surface area contributed by atoms with E-state index in [2.05, 4.69) is 15.3 Å². The van der Waals surface area contributed by atoms with Gasteiger partial charge in [-0.25, -0.2) is 0 Å². The van der Waals surface area contributed by atoms with Gasteiger partial charge in [0.05, 0.1) is 25.3 Å². The Balaban J connectivity index is 1.74. The van der Waals surface area contributed by atoms with Gasteiger partial charge < -0.3 is 14.2 Å². The maximum atomic E-state index is 12.4. The van der Waals surface area contributed by atoms with Crippen LogP contribution in [0.3, 0.4) is 0 Å². The third-order valence-electron chi connectivity index (χ3n) is 5.04. The number of hydrogen-bond acceptors (Lipinski definition) is 7. The summed E-state index contributed by atoms with van der Waals surface area (Å²) in [4.78, 5) is 32.7. The van der Waals surface area contributed by atoms with Crippen LogP contribution in [-0.4, -0.2) is 36.0 Å². The largest absolute Gasteiger partial charge is 0.481 e. The molecule has 0 fully saturated rings. The van der Waals surface area contributed by atoms with Gasteiger partial charge in [0.15, 0.2) is 0 Å². The van der Waals surface area contributed by atoms with Gasteiger partial charge in [-0.15, -0.1) is 0 Å². The lowest BCUT2D eigenvalue weighted by atomic mass is 9.79. The Hall–Kier alpha value is -2.84. The highest BCUT2D eigenvalue weighted by atomic mass is 35.5. The van der Waals surface area contributed by atoms with Crippen molar-refractivity contribution in [2.75, 3.05) is 14.2 Å². The van der Waals surface area contributed by atoms with Crippen molar-refractivity contribution in [1.29, 1.82) is 0 Å². The molecule has 30 heavy (non-hydrogen) atoms. The molecule has 1 aliphatic carbocycles. The molecule has 4 rings (SSSR count). The van der Waals surface area contributed by atoms with E-state index in [1.54, 1.807) is 6.07 Å². The van der Waals surface area contributed by atoms with Gasteiger partial charge in [-0.3, -0.25) is 14.9 Å². The summed E-state index contributed by atoms with van der Waals surface area (Å²) in [6, 6.07) is 4.66. The summed E-state index contributed by atoms with van der Waals surface area (Å²) in [6.45, 7) is 0. The maximum absolute atomic E-state index is 12.4. The molecule has 8 nitrogen and oxygen atoms in total. The monoisotopic (exact) mass is 449 g/mol. The fourth-order valence-corrected chi connectivity index (χ4v) is 4.24. The molecule has 1 atom stereocenters. The lowest BCUT2D eigenvalue weighted by Crippen LogP contribution is -2.24. The Morgan fingerprint density at radius 3 is 2.37 bits per heavy atom. The van der Waals surface area contributed by atoms with E-state index in [1.165, 1.54) is 26.4 Å². The van der Waals surface area contributed by atoms with E-state index in [4.69, 9.17) is 37.4 Å². The summed E-state index contributed by atoms with van der Waals surface area (Å²) >= 11 is 12.8. The highest BCUT2D eigenvalue weighted by molar-refractivity contribution is 6.36. The molecular formula is C20H17Cl2N3O5. The second-order valence-corrected chi connectivity index (χ2v) is 7.58. The van der Waals surface area contributed by atoms with Crippen LogP contribution in [-0.2, 0) is 9.59 Å². The van der Waals surface area contributed by atoms with Crippen molar-refractivity contribution >= 4 is 35.0 Å². The molecule has 1 aromatic carbocycles. The van der Waals surface area contributed by atoms with Gasteiger partial charge in [-0.1, -0.05) is 23.2 Å². The molecule has 156 valence electrons. The van der Waals surface area contributed by atoms with Crippen LogP contribution in [0.2, 0.25) is 10.0 Å². The van der Waals surface area contributed by atoms with Crippen LogP contribution in [0.1, 0.15) is 30.7 Å². The number of carbonyl (C=O) groups excluding carboxylic acids is 2. The SMILES string of the molecule is COc1cc(OC)nc(Oc2cc(C3CCCC4=C3C(=O)NC4=O)c(Cl)cc2Cl)n1. The van der Waals surface area contributed by atoms with Crippen molar-refractivity contribution < 1.29 is 23.8 Å². The van der Waals surface area contributed by atoms with Gasteiger partial charge in [0.2, 0.25) is 11.8 Å². The second kappa shape index (κ2) is 8.12.